The van der Waals surface area contributed by atoms with Crippen LogP contribution in [0.1, 0.15) is 47.0 Å². The molecule has 0 atom stereocenters. The standard InChI is InChI=1S/C19H23N3O3/c1-3-4-5-11-20-16-10-12-21-17(13-16)18(23)22-15-8-6-14(7-9-15)19(24)25-2/h6-10,12-13H,3-5,11H2,1-2H3,(H,20,21)(H,22,23). The highest BCUT2D eigenvalue weighted by atomic mass is 16.5. The Kier molecular flexibility index (Phi) is 6.95. The first-order valence-electron chi connectivity index (χ1n) is 8.33. The Balaban J connectivity index is 1.97. The maximum Gasteiger partial charge on any atom is 0.337 e. The van der Waals surface area contributed by atoms with Gasteiger partial charge in [0.15, 0.2) is 0 Å². The van der Waals surface area contributed by atoms with Gasteiger partial charge in [-0.05, 0) is 42.8 Å². The third-order valence-electron chi connectivity index (χ3n) is 3.67. The summed E-state index contributed by atoms with van der Waals surface area (Å²) >= 11 is 0. The third-order valence-corrected chi connectivity index (χ3v) is 3.67. The molecule has 1 heterocycles. The second-order valence-electron chi connectivity index (χ2n) is 5.59. The molecule has 2 N–H and O–H groups in total. The number of ether oxygens (including phenoxy) is 1. The number of amides is 1. The first-order valence-corrected chi connectivity index (χ1v) is 8.33. The van der Waals surface area contributed by atoms with Gasteiger partial charge in [0, 0.05) is 24.1 Å². The Morgan fingerprint density at radius 2 is 1.84 bits per heavy atom. The van der Waals surface area contributed by atoms with Gasteiger partial charge in [0.25, 0.3) is 5.91 Å². The molecule has 0 saturated carbocycles. The van der Waals surface area contributed by atoms with Crippen molar-refractivity contribution in [2.24, 2.45) is 0 Å². The van der Waals surface area contributed by atoms with Gasteiger partial charge in [-0.3, -0.25) is 9.78 Å². The lowest BCUT2D eigenvalue weighted by Gasteiger charge is -2.08. The van der Waals surface area contributed by atoms with Gasteiger partial charge < -0.3 is 15.4 Å². The van der Waals surface area contributed by atoms with Gasteiger partial charge in [0.1, 0.15) is 5.69 Å². The molecule has 0 aliphatic rings. The summed E-state index contributed by atoms with van der Waals surface area (Å²) in [4.78, 5) is 27.8. The second-order valence-corrected chi connectivity index (χ2v) is 5.59. The van der Waals surface area contributed by atoms with Crippen molar-refractivity contribution >= 4 is 23.3 Å². The Bertz CT molecular complexity index is 714. The monoisotopic (exact) mass is 341 g/mol. The highest BCUT2D eigenvalue weighted by molar-refractivity contribution is 6.03. The Hall–Kier alpha value is -2.89. The molecule has 2 rings (SSSR count). The Morgan fingerprint density at radius 1 is 1.08 bits per heavy atom. The van der Waals surface area contributed by atoms with Crippen LogP contribution in [0, 0.1) is 0 Å². The van der Waals surface area contributed by atoms with Crippen LogP contribution in [0.15, 0.2) is 42.6 Å². The number of anilines is 2. The van der Waals surface area contributed by atoms with E-state index in [1.54, 1.807) is 36.5 Å². The average molecular weight is 341 g/mol. The number of nitrogens with zero attached hydrogens (tertiary/aromatic N) is 1. The number of nitrogens with one attached hydrogen (secondary N) is 2. The molecule has 0 aliphatic heterocycles. The molecule has 2 aromatic rings. The summed E-state index contributed by atoms with van der Waals surface area (Å²) in [6, 6.07) is 10.1. The number of esters is 1. The van der Waals surface area contributed by atoms with Crippen molar-refractivity contribution in [3.63, 3.8) is 0 Å². The zero-order valence-corrected chi connectivity index (χ0v) is 14.5. The summed E-state index contributed by atoms with van der Waals surface area (Å²) in [5, 5.41) is 6.06. The number of hydrogen-bond acceptors (Lipinski definition) is 5. The first-order chi connectivity index (χ1) is 12.1. The van der Waals surface area contributed by atoms with E-state index in [0.717, 1.165) is 18.7 Å². The molecule has 0 radical (unpaired) electrons. The molecule has 0 bridgehead atoms. The minimum Gasteiger partial charge on any atom is -0.465 e. The van der Waals surface area contributed by atoms with E-state index in [-0.39, 0.29) is 5.91 Å². The maximum atomic E-state index is 12.3. The normalized spacial score (nSPS) is 10.2. The third kappa shape index (κ3) is 5.60. The summed E-state index contributed by atoms with van der Waals surface area (Å²) < 4.78 is 4.64. The van der Waals surface area contributed by atoms with E-state index in [0.29, 0.717) is 16.9 Å². The van der Waals surface area contributed by atoms with Gasteiger partial charge in [0.2, 0.25) is 0 Å². The molecule has 6 nitrogen and oxygen atoms in total. The summed E-state index contributed by atoms with van der Waals surface area (Å²) in [7, 11) is 1.33. The number of methoxy groups -OCH3 is 1. The van der Waals surface area contributed by atoms with Crippen LogP contribution in [0.2, 0.25) is 0 Å². The molecule has 25 heavy (non-hydrogen) atoms. The minimum absolute atomic E-state index is 0.303. The zero-order chi connectivity index (χ0) is 18.1. The van der Waals surface area contributed by atoms with E-state index in [9.17, 15) is 9.59 Å². The average Bonchev–Trinajstić information content (AvgIpc) is 2.65. The molecule has 0 fully saturated rings. The molecular weight excluding hydrogens is 318 g/mol. The largest absolute Gasteiger partial charge is 0.465 e. The fraction of sp³-hybridized carbons (Fsp3) is 0.316. The van der Waals surface area contributed by atoms with Crippen molar-refractivity contribution in [2.45, 2.75) is 26.2 Å². The van der Waals surface area contributed by atoms with Crippen LogP contribution < -0.4 is 10.6 Å². The quantitative estimate of drug-likeness (QED) is 0.565. The highest BCUT2D eigenvalue weighted by Gasteiger charge is 2.10. The molecule has 0 spiro atoms. The zero-order valence-electron chi connectivity index (χ0n) is 14.5. The number of unbranched alkanes of at least 4 members (excludes halogenated alkanes) is 2. The molecule has 1 aromatic heterocycles. The molecule has 0 aliphatic carbocycles. The molecule has 1 amide bonds. The lowest BCUT2D eigenvalue weighted by Crippen LogP contribution is -2.14. The van der Waals surface area contributed by atoms with E-state index in [2.05, 4.69) is 27.3 Å². The molecule has 0 saturated heterocycles. The van der Waals surface area contributed by atoms with Crippen LogP contribution in [0.4, 0.5) is 11.4 Å². The topological polar surface area (TPSA) is 80.3 Å². The van der Waals surface area contributed by atoms with Crippen molar-refractivity contribution in [2.75, 3.05) is 24.3 Å². The van der Waals surface area contributed by atoms with Crippen LogP contribution in [-0.2, 0) is 4.74 Å². The van der Waals surface area contributed by atoms with Crippen molar-refractivity contribution in [1.29, 1.82) is 0 Å². The summed E-state index contributed by atoms with van der Waals surface area (Å²) in [5.41, 5.74) is 2.22. The van der Waals surface area contributed by atoms with Gasteiger partial charge in [0.05, 0.1) is 12.7 Å². The lowest BCUT2D eigenvalue weighted by atomic mass is 10.2. The fourth-order valence-electron chi connectivity index (χ4n) is 2.28. The number of benzene rings is 1. The molecule has 6 heteroatoms. The van der Waals surface area contributed by atoms with Gasteiger partial charge in [-0.15, -0.1) is 0 Å². The Morgan fingerprint density at radius 3 is 2.52 bits per heavy atom. The molecule has 1 aromatic carbocycles. The van der Waals surface area contributed by atoms with Crippen LogP contribution >= 0.6 is 0 Å². The fourth-order valence-corrected chi connectivity index (χ4v) is 2.28. The molecule has 0 unspecified atom stereocenters. The van der Waals surface area contributed by atoms with Gasteiger partial charge in [-0.25, -0.2) is 4.79 Å². The van der Waals surface area contributed by atoms with Crippen LogP contribution in [-0.4, -0.2) is 30.5 Å². The van der Waals surface area contributed by atoms with E-state index in [4.69, 9.17) is 0 Å². The highest BCUT2D eigenvalue weighted by Crippen LogP contribution is 2.13. The SMILES string of the molecule is CCCCCNc1ccnc(C(=O)Nc2ccc(C(=O)OC)cc2)c1. The number of aromatic nitrogens is 1. The summed E-state index contributed by atoms with van der Waals surface area (Å²) in [6.45, 7) is 3.03. The first kappa shape index (κ1) is 18.4. The van der Waals surface area contributed by atoms with Gasteiger partial charge in [-0.1, -0.05) is 19.8 Å². The van der Waals surface area contributed by atoms with Crippen molar-refractivity contribution < 1.29 is 14.3 Å². The minimum atomic E-state index is -0.415. The van der Waals surface area contributed by atoms with Crippen LogP contribution in [0.5, 0.6) is 0 Å². The Labute approximate surface area is 147 Å². The predicted octanol–water partition coefficient (Wildman–Crippen LogP) is 3.72. The number of carbonyl (C=O) groups excluding carboxylic acids is 2. The van der Waals surface area contributed by atoms with E-state index < -0.39 is 5.97 Å². The van der Waals surface area contributed by atoms with Crippen molar-refractivity contribution in [3.05, 3.63) is 53.9 Å². The van der Waals surface area contributed by atoms with E-state index in [1.807, 2.05) is 6.07 Å². The van der Waals surface area contributed by atoms with Crippen LogP contribution in [0.3, 0.4) is 0 Å². The van der Waals surface area contributed by atoms with E-state index in [1.165, 1.54) is 20.0 Å². The number of rotatable bonds is 8. The second kappa shape index (κ2) is 9.42. The van der Waals surface area contributed by atoms with Gasteiger partial charge >= 0.3 is 5.97 Å². The number of hydrogen-bond donors (Lipinski definition) is 2. The number of pyridine rings is 1. The van der Waals surface area contributed by atoms with Crippen molar-refractivity contribution in [1.82, 2.24) is 4.98 Å². The summed E-state index contributed by atoms with van der Waals surface area (Å²) in [6.07, 6.45) is 5.04. The van der Waals surface area contributed by atoms with Crippen molar-refractivity contribution in [3.8, 4) is 0 Å². The van der Waals surface area contributed by atoms with E-state index >= 15 is 0 Å². The summed E-state index contributed by atoms with van der Waals surface area (Å²) in [5.74, 6) is -0.718. The maximum absolute atomic E-state index is 12.3. The smallest absolute Gasteiger partial charge is 0.337 e. The van der Waals surface area contributed by atoms with Gasteiger partial charge in [-0.2, -0.15) is 0 Å². The lowest BCUT2D eigenvalue weighted by molar-refractivity contribution is 0.0600. The number of carbonyl (C=O) groups is 2. The van der Waals surface area contributed by atoms with Crippen LogP contribution in [0.25, 0.3) is 0 Å². The molecule has 132 valence electrons. The molecular formula is C19H23N3O3. The predicted molar refractivity (Wildman–Crippen MR) is 98.0 cm³/mol.